The minimum atomic E-state index is -3.72. The second-order valence-electron chi connectivity index (χ2n) is 5.26. The first-order chi connectivity index (χ1) is 9.91. The molecule has 6 nitrogen and oxygen atoms in total. The minimum Gasteiger partial charge on any atom is -0.384 e. The van der Waals surface area contributed by atoms with Gasteiger partial charge in [-0.1, -0.05) is 0 Å². The van der Waals surface area contributed by atoms with Crippen LogP contribution in [-0.2, 0) is 14.8 Å². The van der Waals surface area contributed by atoms with Crippen LogP contribution in [0.1, 0.15) is 23.2 Å². The van der Waals surface area contributed by atoms with Gasteiger partial charge in [0.05, 0.1) is 4.90 Å². The highest BCUT2D eigenvalue weighted by atomic mass is 32.2. The summed E-state index contributed by atoms with van der Waals surface area (Å²) in [7, 11) is -2.04. The summed E-state index contributed by atoms with van der Waals surface area (Å²) in [5.41, 5.74) is 0.479. The molecule has 1 aromatic rings. The van der Waals surface area contributed by atoms with Crippen molar-refractivity contribution in [3.8, 4) is 0 Å². The van der Waals surface area contributed by atoms with Crippen molar-refractivity contribution in [2.45, 2.75) is 17.7 Å². The van der Waals surface area contributed by atoms with Crippen LogP contribution in [0, 0.1) is 5.92 Å². The molecule has 0 aromatic heterocycles. The molecular weight excluding hydrogens is 292 g/mol. The number of amides is 1. The summed E-state index contributed by atoms with van der Waals surface area (Å²) < 4.78 is 27.5. The summed E-state index contributed by atoms with van der Waals surface area (Å²) in [4.78, 5) is 14.1. The first-order valence-electron chi connectivity index (χ1n) is 6.83. The van der Waals surface area contributed by atoms with Gasteiger partial charge in [-0.05, 0) is 43.0 Å². The van der Waals surface area contributed by atoms with Crippen molar-refractivity contribution in [2.75, 3.05) is 26.8 Å². The van der Waals surface area contributed by atoms with Crippen LogP contribution in [0.5, 0.6) is 0 Å². The molecule has 1 fully saturated rings. The van der Waals surface area contributed by atoms with Crippen LogP contribution >= 0.6 is 0 Å². The van der Waals surface area contributed by atoms with E-state index >= 15 is 0 Å². The van der Waals surface area contributed by atoms with Crippen molar-refractivity contribution in [3.05, 3.63) is 29.8 Å². The molecular formula is C14H20N2O4S. The summed E-state index contributed by atoms with van der Waals surface area (Å²) in [6, 6.07) is 5.73. The van der Waals surface area contributed by atoms with E-state index in [0.717, 1.165) is 19.4 Å². The zero-order valence-electron chi connectivity index (χ0n) is 12.0. The van der Waals surface area contributed by atoms with Gasteiger partial charge in [0.15, 0.2) is 0 Å². The monoisotopic (exact) mass is 312 g/mol. The Labute approximate surface area is 124 Å². The number of nitrogens with two attached hydrogens (primary N) is 1. The number of piperidine rings is 1. The van der Waals surface area contributed by atoms with Gasteiger partial charge in [-0.2, -0.15) is 0 Å². The largest absolute Gasteiger partial charge is 0.384 e. The fourth-order valence-corrected chi connectivity index (χ4v) is 3.02. The normalized spacial score (nSPS) is 17.0. The molecule has 1 heterocycles. The Kier molecular flexibility index (Phi) is 4.97. The number of methoxy groups -OCH3 is 1. The van der Waals surface area contributed by atoms with Crippen molar-refractivity contribution in [1.82, 2.24) is 4.90 Å². The van der Waals surface area contributed by atoms with Crippen LogP contribution in [0.15, 0.2) is 29.2 Å². The lowest BCUT2D eigenvalue weighted by molar-refractivity contribution is 0.0613. The number of primary sulfonamides is 1. The molecule has 0 spiro atoms. The number of likely N-dealkylation sites (tertiary alicyclic amines) is 1. The SMILES string of the molecule is COCC1CCN(C(=O)c2ccc(S(N)(=O)=O)cc2)CC1. The smallest absolute Gasteiger partial charge is 0.253 e. The van der Waals surface area contributed by atoms with E-state index in [1.54, 1.807) is 12.0 Å². The fourth-order valence-electron chi connectivity index (χ4n) is 2.51. The van der Waals surface area contributed by atoms with Crippen LogP contribution in [0.25, 0.3) is 0 Å². The van der Waals surface area contributed by atoms with Gasteiger partial charge in [-0.25, -0.2) is 13.6 Å². The Balaban J connectivity index is 2.01. The first-order valence-corrected chi connectivity index (χ1v) is 8.37. The molecule has 1 saturated heterocycles. The van der Waals surface area contributed by atoms with Crippen LogP contribution in [-0.4, -0.2) is 46.0 Å². The predicted octanol–water partition coefficient (Wildman–Crippen LogP) is 0.833. The van der Waals surface area contributed by atoms with Gasteiger partial charge in [0.2, 0.25) is 10.0 Å². The lowest BCUT2D eigenvalue weighted by Crippen LogP contribution is -2.39. The van der Waals surface area contributed by atoms with Crippen LogP contribution in [0.3, 0.4) is 0 Å². The number of carbonyl (C=O) groups is 1. The average Bonchev–Trinajstić information content (AvgIpc) is 2.47. The first kappa shape index (κ1) is 15.9. The van der Waals surface area contributed by atoms with E-state index in [1.165, 1.54) is 24.3 Å². The molecule has 1 aromatic carbocycles. The topological polar surface area (TPSA) is 89.7 Å². The molecule has 2 N–H and O–H groups in total. The second kappa shape index (κ2) is 6.55. The third-order valence-corrected chi connectivity index (χ3v) is 4.66. The van der Waals surface area contributed by atoms with E-state index in [9.17, 15) is 13.2 Å². The molecule has 116 valence electrons. The molecule has 7 heteroatoms. The number of benzene rings is 1. The second-order valence-corrected chi connectivity index (χ2v) is 6.82. The zero-order chi connectivity index (χ0) is 15.5. The van der Waals surface area contributed by atoms with Crippen molar-refractivity contribution in [2.24, 2.45) is 11.1 Å². The van der Waals surface area contributed by atoms with Crippen molar-refractivity contribution in [1.29, 1.82) is 0 Å². The molecule has 1 aliphatic rings. The van der Waals surface area contributed by atoms with Crippen LogP contribution in [0.4, 0.5) is 0 Å². The van der Waals surface area contributed by atoms with Gasteiger partial charge < -0.3 is 9.64 Å². The van der Waals surface area contributed by atoms with Crippen LogP contribution in [0.2, 0.25) is 0 Å². The highest BCUT2D eigenvalue weighted by Gasteiger charge is 2.23. The number of nitrogens with zero attached hydrogens (tertiary/aromatic N) is 1. The molecule has 0 atom stereocenters. The number of sulfonamides is 1. The maximum atomic E-state index is 12.3. The zero-order valence-corrected chi connectivity index (χ0v) is 12.8. The van der Waals surface area contributed by atoms with Gasteiger partial charge in [-0.15, -0.1) is 0 Å². The summed E-state index contributed by atoms with van der Waals surface area (Å²) >= 11 is 0. The van der Waals surface area contributed by atoms with Gasteiger partial charge in [0.1, 0.15) is 0 Å². The molecule has 0 unspecified atom stereocenters. The quantitative estimate of drug-likeness (QED) is 0.892. The number of hydrogen-bond acceptors (Lipinski definition) is 4. The highest BCUT2D eigenvalue weighted by molar-refractivity contribution is 7.89. The van der Waals surface area contributed by atoms with E-state index < -0.39 is 10.0 Å². The van der Waals surface area contributed by atoms with Crippen molar-refractivity contribution in [3.63, 3.8) is 0 Å². The number of hydrogen-bond donors (Lipinski definition) is 1. The third kappa shape index (κ3) is 4.03. The van der Waals surface area contributed by atoms with E-state index in [0.29, 0.717) is 24.6 Å². The van der Waals surface area contributed by atoms with Gasteiger partial charge in [-0.3, -0.25) is 4.79 Å². The summed E-state index contributed by atoms with van der Waals surface area (Å²) in [5, 5.41) is 5.03. The Morgan fingerprint density at radius 3 is 2.33 bits per heavy atom. The Morgan fingerprint density at radius 1 is 1.29 bits per heavy atom. The molecule has 1 amide bonds. The highest BCUT2D eigenvalue weighted by Crippen LogP contribution is 2.19. The predicted molar refractivity (Wildman–Crippen MR) is 78.3 cm³/mol. The lowest BCUT2D eigenvalue weighted by atomic mass is 9.97. The Bertz CT molecular complexity index is 590. The lowest BCUT2D eigenvalue weighted by Gasteiger charge is -2.31. The summed E-state index contributed by atoms with van der Waals surface area (Å²) in [6.45, 7) is 2.12. The van der Waals surface area contributed by atoms with E-state index in [-0.39, 0.29) is 10.8 Å². The maximum absolute atomic E-state index is 12.3. The van der Waals surface area contributed by atoms with Crippen LogP contribution < -0.4 is 5.14 Å². The standard InChI is InChI=1S/C14H20N2O4S/c1-20-10-11-6-8-16(9-7-11)14(17)12-2-4-13(5-3-12)21(15,18)19/h2-5,11H,6-10H2,1H3,(H2,15,18,19). The van der Waals surface area contributed by atoms with Gasteiger partial charge >= 0.3 is 0 Å². The number of carbonyl (C=O) groups excluding carboxylic acids is 1. The molecule has 1 aliphatic heterocycles. The average molecular weight is 312 g/mol. The number of ether oxygens (including phenoxy) is 1. The fraction of sp³-hybridized carbons (Fsp3) is 0.500. The molecule has 0 radical (unpaired) electrons. The third-order valence-electron chi connectivity index (χ3n) is 3.73. The van der Waals surface area contributed by atoms with E-state index in [2.05, 4.69) is 0 Å². The summed E-state index contributed by atoms with van der Waals surface area (Å²) in [6.07, 6.45) is 1.85. The van der Waals surface area contributed by atoms with Gasteiger partial charge in [0.25, 0.3) is 5.91 Å². The molecule has 0 saturated carbocycles. The van der Waals surface area contributed by atoms with Crippen molar-refractivity contribution >= 4 is 15.9 Å². The minimum absolute atomic E-state index is 0.0119. The Morgan fingerprint density at radius 2 is 1.86 bits per heavy atom. The van der Waals surface area contributed by atoms with E-state index in [4.69, 9.17) is 9.88 Å². The summed E-state index contributed by atoms with van der Waals surface area (Å²) in [5.74, 6) is 0.427. The number of rotatable bonds is 4. The molecule has 0 bridgehead atoms. The molecule has 21 heavy (non-hydrogen) atoms. The molecule has 0 aliphatic carbocycles. The van der Waals surface area contributed by atoms with E-state index in [1.807, 2.05) is 0 Å². The molecule has 2 rings (SSSR count). The maximum Gasteiger partial charge on any atom is 0.253 e. The van der Waals surface area contributed by atoms with Gasteiger partial charge in [0, 0.05) is 32.4 Å². The van der Waals surface area contributed by atoms with Crippen molar-refractivity contribution < 1.29 is 17.9 Å². The Hall–Kier alpha value is -1.44.